The highest BCUT2D eigenvalue weighted by Gasteiger charge is 2.21. The average molecular weight is 396 g/mol. The van der Waals surface area contributed by atoms with Crippen molar-refractivity contribution in [3.63, 3.8) is 0 Å². The normalized spacial score (nSPS) is 10.4. The molecule has 1 heterocycles. The smallest absolute Gasteiger partial charge is 0.361 e. The Hall–Kier alpha value is -3.81. The third-order valence-corrected chi connectivity index (χ3v) is 3.93. The van der Waals surface area contributed by atoms with Crippen molar-refractivity contribution < 1.29 is 27.9 Å². The fourth-order valence-corrected chi connectivity index (χ4v) is 2.59. The van der Waals surface area contributed by atoms with Crippen molar-refractivity contribution in [2.45, 2.75) is 13.8 Å². The number of ether oxygens (including phenoxy) is 1. The van der Waals surface area contributed by atoms with Crippen LogP contribution in [0.5, 0.6) is 0 Å². The first-order valence-electron chi connectivity index (χ1n) is 8.65. The Balaban J connectivity index is 1.67. The molecule has 148 valence electrons. The van der Waals surface area contributed by atoms with Gasteiger partial charge in [-0.05, 0) is 37.3 Å². The van der Waals surface area contributed by atoms with Crippen molar-refractivity contribution in [1.29, 1.82) is 0 Å². The van der Waals surface area contributed by atoms with Crippen LogP contribution in [0.3, 0.4) is 0 Å². The van der Waals surface area contributed by atoms with Gasteiger partial charge in [0.1, 0.15) is 11.6 Å². The number of benzene rings is 2. The molecule has 0 saturated heterocycles. The van der Waals surface area contributed by atoms with E-state index in [1.54, 1.807) is 31.2 Å². The van der Waals surface area contributed by atoms with Gasteiger partial charge in [0.05, 0.1) is 5.56 Å². The molecule has 0 aliphatic carbocycles. The summed E-state index contributed by atoms with van der Waals surface area (Å²) in [5.41, 5.74) is 0.592. The molecule has 0 saturated carbocycles. The number of halogens is 1. The first kappa shape index (κ1) is 19.9. The van der Waals surface area contributed by atoms with Crippen molar-refractivity contribution in [2.75, 3.05) is 11.9 Å². The maximum atomic E-state index is 14.1. The van der Waals surface area contributed by atoms with Crippen molar-refractivity contribution in [2.24, 2.45) is 0 Å². The summed E-state index contributed by atoms with van der Waals surface area (Å²) in [5, 5.41) is 2.41. The van der Waals surface area contributed by atoms with Crippen molar-refractivity contribution in [3.05, 3.63) is 71.4 Å². The Kier molecular flexibility index (Phi) is 5.82. The third-order valence-electron chi connectivity index (χ3n) is 3.93. The van der Waals surface area contributed by atoms with Gasteiger partial charge in [-0.3, -0.25) is 9.59 Å². The van der Waals surface area contributed by atoms with Crippen LogP contribution in [0.25, 0.3) is 11.5 Å². The minimum atomic E-state index is -0.850. The lowest BCUT2D eigenvalue weighted by atomic mass is 10.1. The molecular formula is C21H17FN2O5. The molecular weight excluding hydrogens is 379 g/mol. The van der Waals surface area contributed by atoms with Gasteiger partial charge < -0.3 is 14.5 Å². The number of carbonyl (C=O) groups excluding carboxylic acids is 3. The molecule has 1 amide bonds. The molecule has 0 atom stereocenters. The number of carbonyl (C=O) groups is 3. The number of rotatable bonds is 6. The van der Waals surface area contributed by atoms with Crippen molar-refractivity contribution in [1.82, 2.24) is 4.98 Å². The lowest BCUT2D eigenvalue weighted by Crippen LogP contribution is -2.16. The highest BCUT2D eigenvalue weighted by Crippen LogP contribution is 2.22. The molecule has 3 aromatic rings. The predicted octanol–water partition coefficient (Wildman–Crippen LogP) is 3.79. The highest BCUT2D eigenvalue weighted by atomic mass is 19.1. The molecule has 0 unspecified atom stereocenters. The standard InChI is InChI=1S/C21H17FN2O5/c1-12-19(24-20(29-12)14-6-4-3-5-7-14)21(27)28-11-18(26)16-9-8-15(10-17(16)22)23-13(2)25/h3-10H,11H2,1-2H3,(H,23,25). The van der Waals surface area contributed by atoms with Crippen LogP contribution in [-0.2, 0) is 9.53 Å². The van der Waals surface area contributed by atoms with E-state index in [0.717, 1.165) is 6.07 Å². The quantitative estimate of drug-likeness (QED) is 0.503. The number of hydrogen-bond acceptors (Lipinski definition) is 6. The van der Waals surface area contributed by atoms with Gasteiger partial charge in [0.2, 0.25) is 17.6 Å². The van der Waals surface area contributed by atoms with E-state index in [1.807, 2.05) is 6.07 Å². The number of aromatic nitrogens is 1. The zero-order valence-electron chi connectivity index (χ0n) is 15.7. The summed E-state index contributed by atoms with van der Waals surface area (Å²) in [6.45, 7) is 2.17. The van der Waals surface area contributed by atoms with Crippen LogP contribution in [0.15, 0.2) is 52.9 Å². The molecule has 0 bridgehead atoms. The van der Waals surface area contributed by atoms with Crippen molar-refractivity contribution in [3.8, 4) is 11.5 Å². The van der Waals surface area contributed by atoms with E-state index >= 15 is 0 Å². The van der Waals surface area contributed by atoms with Gasteiger partial charge in [-0.15, -0.1) is 0 Å². The van der Waals surface area contributed by atoms with Crippen LogP contribution in [0, 0.1) is 12.7 Å². The number of hydrogen-bond donors (Lipinski definition) is 1. The molecule has 0 radical (unpaired) electrons. The maximum absolute atomic E-state index is 14.1. The van der Waals surface area contributed by atoms with Crippen LogP contribution in [0.1, 0.15) is 33.5 Å². The zero-order chi connectivity index (χ0) is 21.0. The third kappa shape index (κ3) is 4.73. The van der Waals surface area contributed by atoms with E-state index in [0.29, 0.717) is 5.56 Å². The number of oxazole rings is 1. The summed E-state index contributed by atoms with van der Waals surface area (Å²) >= 11 is 0. The molecule has 3 rings (SSSR count). The van der Waals surface area contributed by atoms with E-state index in [9.17, 15) is 18.8 Å². The Labute approximate surface area is 165 Å². The van der Waals surface area contributed by atoms with Gasteiger partial charge in [0, 0.05) is 18.2 Å². The molecule has 0 spiro atoms. The van der Waals surface area contributed by atoms with E-state index in [-0.39, 0.29) is 34.5 Å². The van der Waals surface area contributed by atoms with Gasteiger partial charge >= 0.3 is 5.97 Å². The second kappa shape index (κ2) is 8.47. The second-order valence-corrected chi connectivity index (χ2v) is 6.16. The summed E-state index contributed by atoms with van der Waals surface area (Å²) in [4.78, 5) is 39.6. The molecule has 8 heteroatoms. The van der Waals surface area contributed by atoms with Crippen LogP contribution in [0.2, 0.25) is 0 Å². The summed E-state index contributed by atoms with van der Waals surface area (Å²) in [6, 6.07) is 12.6. The lowest BCUT2D eigenvalue weighted by Gasteiger charge is -2.06. The van der Waals surface area contributed by atoms with E-state index in [1.165, 1.54) is 19.1 Å². The van der Waals surface area contributed by atoms with Crippen molar-refractivity contribution >= 4 is 23.3 Å². The Morgan fingerprint density at radius 2 is 1.86 bits per heavy atom. The lowest BCUT2D eigenvalue weighted by molar-refractivity contribution is -0.114. The highest BCUT2D eigenvalue weighted by molar-refractivity contribution is 6.00. The molecule has 0 aliphatic heterocycles. The summed E-state index contributed by atoms with van der Waals surface area (Å²) < 4.78 is 24.6. The molecule has 29 heavy (non-hydrogen) atoms. The first-order valence-corrected chi connectivity index (χ1v) is 8.65. The van der Waals surface area contributed by atoms with Gasteiger partial charge in [-0.25, -0.2) is 14.2 Å². The summed E-state index contributed by atoms with van der Waals surface area (Å²) in [5.74, 6) is -2.28. The molecule has 0 aliphatic rings. The SMILES string of the molecule is CC(=O)Nc1ccc(C(=O)COC(=O)c2nc(-c3ccccc3)oc2C)c(F)c1. The minimum absolute atomic E-state index is 0.0573. The monoisotopic (exact) mass is 396 g/mol. The van der Waals surface area contributed by atoms with Gasteiger partial charge in [-0.2, -0.15) is 0 Å². The number of aryl methyl sites for hydroxylation is 1. The van der Waals surface area contributed by atoms with Crippen LogP contribution >= 0.6 is 0 Å². The largest absolute Gasteiger partial charge is 0.452 e. The fourth-order valence-electron chi connectivity index (χ4n) is 2.59. The average Bonchev–Trinajstić information content (AvgIpc) is 3.08. The number of nitrogens with one attached hydrogen (secondary N) is 1. The zero-order valence-corrected chi connectivity index (χ0v) is 15.7. The molecule has 1 aromatic heterocycles. The van der Waals surface area contributed by atoms with E-state index in [2.05, 4.69) is 10.3 Å². The number of nitrogens with zero attached hydrogens (tertiary/aromatic N) is 1. The van der Waals surface area contributed by atoms with Gasteiger partial charge in [0.25, 0.3) is 0 Å². The van der Waals surface area contributed by atoms with E-state index < -0.39 is 24.2 Å². The summed E-state index contributed by atoms with van der Waals surface area (Å²) in [6.07, 6.45) is 0. The van der Waals surface area contributed by atoms with Crippen LogP contribution in [0.4, 0.5) is 10.1 Å². The number of Topliss-reactive ketones (excluding diaryl/α,β-unsaturated/α-hetero) is 1. The second-order valence-electron chi connectivity index (χ2n) is 6.16. The van der Waals surface area contributed by atoms with Gasteiger partial charge in [0.15, 0.2) is 12.3 Å². The molecule has 7 nitrogen and oxygen atoms in total. The number of amides is 1. The number of anilines is 1. The predicted molar refractivity (Wildman–Crippen MR) is 102 cm³/mol. The van der Waals surface area contributed by atoms with Gasteiger partial charge in [-0.1, -0.05) is 18.2 Å². The molecule has 0 fully saturated rings. The Morgan fingerprint density at radius 3 is 2.52 bits per heavy atom. The topological polar surface area (TPSA) is 98.5 Å². The number of ketones is 1. The summed E-state index contributed by atoms with van der Waals surface area (Å²) in [7, 11) is 0. The Bertz CT molecular complexity index is 1080. The maximum Gasteiger partial charge on any atom is 0.361 e. The van der Waals surface area contributed by atoms with Crippen LogP contribution < -0.4 is 5.32 Å². The minimum Gasteiger partial charge on any atom is -0.452 e. The molecule has 1 N–H and O–H groups in total. The van der Waals surface area contributed by atoms with Crippen LogP contribution in [-0.4, -0.2) is 29.3 Å². The fraction of sp³-hybridized carbons (Fsp3) is 0.143. The number of esters is 1. The first-order chi connectivity index (χ1) is 13.8. The van der Waals surface area contributed by atoms with E-state index in [4.69, 9.17) is 9.15 Å². The molecule has 2 aromatic carbocycles. The Morgan fingerprint density at radius 1 is 1.14 bits per heavy atom.